The molecule has 0 unspecified atom stereocenters. The van der Waals surface area contributed by atoms with Crippen molar-refractivity contribution in [2.75, 3.05) is 23.3 Å². The molecule has 4 heteroatoms. The Kier molecular flexibility index (Phi) is 8.81. The van der Waals surface area contributed by atoms with Crippen molar-refractivity contribution < 1.29 is 0 Å². The van der Waals surface area contributed by atoms with Crippen molar-refractivity contribution in [2.45, 2.75) is 90.9 Å². The van der Waals surface area contributed by atoms with E-state index >= 15 is 0 Å². The summed E-state index contributed by atoms with van der Waals surface area (Å²) in [6.45, 7) is 28.8. The lowest BCUT2D eigenvalue weighted by Crippen LogP contribution is -2.46. The first-order chi connectivity index (χ1) is 18.8. The molecule has 0 radical (unpaired) electrons. The maximum Gasteiger partial charge on any atom is 0.248 e. The number of rotatable bonds is 8. The van der Waals surface area contributed by atoms with E-state index in [0.717, 1.165) is 25.2 Å². The molecule has 0 saturated heterocycles. The Morgan fingerprint density at radius 1 is 1.07 bits per heavy atom. The second-order valence-electron chi connectivity index (χ2n) is 13.8. The lowest BCUT2D eigenvalue weighted by molar-refractivity contribution is 0.339. The van der Waals surface area contributed by atoms with E-state index in [4.69, 9.17) is 0 Å². The number of hydrogen-bond donors (Lipinski definition) is 1. The van der Waals surface area contributed by atoms with E-state index in [1.165, 1.54) is 39.9 Å². The summed E-state index contributed by atoms with van der Waals surface area (Å²) in [5.74, 6) is 2.40. The van der Waals surface area contributed by atoms with E-state index in [0.29, 0.717) is 0 Å². The fourth-order valence-corrected chi connectivity index (χ4v) is 7.78. The molecule has 0 spiro atoms. The van der Waals surface area contributed by atoms with Gasteiger partial charge in [-0.05, 0) is 70.5 Å². The number of fused-ring (bicyclic) bond motifs is 3. The number of benzene rings is 1. The molecule has 0 saturated carbocycles. The van der Waals surface area contributed by atoms with Gasteiger partial charge in [0.25, 0.3) is 0 Å². The zero-order valence-electron chi connectivity index (χ0n) is 26.2. The molecule has 4 rings (SSSR count). The summed E-state index contributed by atoms with van der Waals surface area (Å²) < 4.78 is 1.47. The van der Waals surface area contributed by atoms with Crippen LogP contribution in [0.15, 0.2) is 84.9 Å². The maximum absolute atomic E-state index is 4.14. The Hall–Kier alpha value is -2.72. The minimum atomic E-state index is 0.147. The fraction of sp³-hybridized carbons (Fsp3) is 0.444. The molecule has 1 aliphatic carbocycles. The van der Waals surface area contributed by atoms with Gasteiger partial charge in [0, 0.05) is 34.1 Å². The van der Waals surface area contributed by atoms with Crippen LogP contribution >= 0.6 is 11.3 Å². The van der Waals surface area contributed by atoms with Gasteiger partial charge in [-0.2, -0.15) is 11.3 Å². The molecule has 0 atom stereocenters. The van der Waals surface area contributed by atoms with Crippen molar-refractivity contribution >= 4 is 34.2 Å². The van der Waals surface area contributed by atoms with Crippen molar-refractivity contribution in [1.29, 1.82) is 0 Å². The molecule has 1 N–H and O–H groups in total. The van der Waals surface area contributed by atoms with E-state index in [9.17, 15) is 0 Å². The van der Waals surface area contributed by atoms with E-state index in [-0.39, 0.29) is 23.0 Å². The molecule has 2 aliphatic rings. The van der Waals surface area contributed by atoms with Crippen molar-refractivity contribution in [2.24, 2.45) is 0 Å². The van der Waals surface area contributed by atoms with Crippen molar-refractivity contribution in [3.63, 3.8) is 0 Å². The van der Waals surface area contributed by atoms with E-state index in [2.05, 4.69) is 133 Å². The second kappa shape index (κ2) is 11.6. The van der Waals surface area contributed by atoms with Crippen molar-refractivity contribution in [1.82, 2.24) is 0 Å². The monoisotopic (exact) mass is 552 g/mol. The molecular weight excluding hydrogens is 503 g/mol. The van der Waals surface area contributed by atoms with Gasteiger partial charge in [0.15, 0.2) is 0 Å². The summed E-state index contributed by atoms with van der Waals surface area (Å²) >= 11 is 2.05. The average molecular weight is 553 g/mol. The minimum Gasteiger partial charge on any atom is -0.364 e. The molecular formula is C36H49BN2S. The van der Waals surface area contributed by atoms with Crippen LogP contribution in [-0.4, -0.2) is 19.8 Å². The van der Waals surface area contributed by atoms with Gasteiger partial charge in [-0.15, -0.1) is 12.6 Å². The molecule has 0 bridgehead atoms. The zero-order chi connectivity index (χ0) is 29.3. The smallest absolute Gasteiger partial charge is 0.248 e. The van der Waals surface area contributed by atoms with Crippen LogP contribution in [0.1, 0.15) is 90.7 Å². The lowest BCUT2D eigenvalue weighted by atomic mass is 9.41. The molecule has 1 aromatic carbocycles. The third-order valence-electron chi connectivity index (χ3n) is 8.76. The predicted molar refractivity (Wildman–Crippen MR) is 182 cm³/mol. The highest BCUT2D eigenvalue weighted by atomic mass is 32.1. The lowest BCUT2D eigenvalue weighted by Gasteiger charge is -2.42. The molecule has 1 aliphatic heterocycles. The molecule has 40 heavy (non-hydrogen) atoms. The van der Waals surface area contributed by atoms with E-state index < -0.39 is 0 Å². The summed E-state index contributed by atoms with van der Waals surface area (Å²) in [4.78, 5) is 4.14. The molecule has 2 nitrogen and oxygen atoms in total. The number of thiophene rings is 1. The van der Waals surface area contributed by atoms with Gasteiger partial charge in [0.2, 0.25) is 6.71 Å². The largest absolute Gasteiger partial charge is 0.364 e. The van der Waals surface area contributed by atoms with Gasteiger partial charge in [0.1, 0.15) is 0 Å². The van der Waals surface area contributed by atoms with Gasteiger partial charge in [0.05, 0.1) is 0 Å². The van der Waals surface area contributed by atoms with Gasteiger partial charge < -0.3 is 10.2 Å². The minimum absolute atomic E-state index is 0.147. The molecule has 2 heterocycles. The molecule has 212 valence electrons. The first kappa shape index (κ1) is 30.2. The number of anilines is 2. The zero-order valence-corrected chi connectivity index (χ0v) is 27.0. The Morgan fingerprint density at radius 2 is 1.75 bits per heavy atom. The molecule has 0 amide bonds. The standard InChI is InChI=1S/C36H49BN2S/c1-11-23-39-25-28(24-38-29-18-16-27(17-19-29)34(4,5)6)37(22-14-15-26(12-2)13-3)33-31(39)30-32(40-33)36(9,10)21-20-35(30,7)8/h11-12,14-19,22,24,38H,1-2,13,20-21,23,25H2,3-10H3/b22-14+,26-15+,28-24-. The van der Waals surface area contributed by atoms with E-state index in [1.807, 2.05) is 17.4 Å². The molecule has 0 fully saturated rings. The second-order valence-corrected chi connectivity index (χ2v) is 14.9. The van der Waals surface area contributed by atoms with Crippen LogP contribution in [0.5, 0.6) is 0 Å². The summed E-state index contributed by atoms with van der Waals surface area (Å²) in [6, 6.07) is 8.89. The molecule has 1 aromatic heterocycles. The van der Waals surface area contributed by atoms with Gasteiger partial charge in [-0.1, -0.05) is 104 Å². The highest BCUT2D eigenvalue weighted by Gasteiger charge is 2.45. The van der Waals surface area contributed by atoms with Crippen LogP contribution < -0.4 is 15.0 Å². The van der Waals surface area contributed by atoms with Crippen LogP contribution in [0, 0.1) is 0 Å². The van der Waals surface area contributed by atoms with Crippen molar-refractivity contribution in [3.8, 4) is 0 Å². The summed E-state index contributed by atoms with van der Waals surface area (Å²) in [5, 5.41) is 3.66. The normalized spacial score (nSPS) is 19.5. The number of hydrogen-bond acceptors (Lipinski definition) is 3. The van der Waals surface area contributed by atoms with Crippen LogP contribution in [0.2, 0.25) is 0 Å². The Bertz CT molecular complexity index is 1330. The van der Waals surface area contributed by atoms with Gasteiger partial charge in [-0.25, -0.2) is 0 Å². The Morgan fingerprint density at radius 3 is 2.35 bits per heavy atom. The maximum atomic E-state index is 4.14. The SMILES string of the molecule is C=CCN1C/C(=C/Nc2ccc(C(C)(C)C)cc2)B(/C=C/C=C(\C=C)CC)c2sc3c(c21)C(C)(C)CCC3(C)C. The third-order valence-corrected chi connectivity index (χ3v) is 10.4. The van der Waals surface area contributed by atoms with Gasteiger partial charge >= 0.3 is 0 Å². The fourth-order valence-electron chi connectivity index (χ4n) is 6.02. The third kappa shape index (κ3) is 6.13. The van der Waals surface area contributed by atoms with Crippen LogP contribution in [0.3, 0.4) is 0 Å². The Labute approximate surface area is 248 Å². The van der Waals surface area contributed by atoms with Crippen LogP contribution in [0.4, 0.5) is 11.4 Å². The summed E-state index contributed by atoms with van der Waals surface area (Å²) in [6.07, 6.45) is 14.2. The number of nitrogens with zero attached hydrogens (tertiary/aromatic N) is 1. The van der Waals surface area contributed by atoms with Gasteiger partial charge in [-0.3, -0.25) is 0 Å². The number of nitrogens with one attached hydrogen (secondary N) is 1. The highest BCUT2D eigenvalue weighted by molar-refractivity contribution is 7.26. The topological polar surface area (TPSA) is 15.3 Å². The van der Waals surface area contributed by atoms with E-state index in [1.54, 1.807) is 10.4 Å². The molecule has 2 aromatic rings. The quantitative estimate of drug-likeness (QED) is 0.199. The van der Waals surface area contributed by atoms with Crippen LogP contribution in [-0.2, 0) is 16.2 Å². The predicted octanol–water partition coefficient (Wildman–Crippen LogP) is 9.26. The van der Waals surface area contributed by atoms with Crippen LogP contribution in [0.25, 0.3) is 0 Å². The first-order valence-corrected chi connectivity index (χ1v) is 15.7. The highest BCUT2D eigenvalue weighted by Crippen LogP contribution is 2.53. The average Bonchev–Trinajstić information content (AvgIpc) is 3.33. The van der Waals surface area contributed by atoms with Crippen molar-refractivity contribution in [3.05, 3.63) is 101 Å². The Balaban J connectivity index is 1.83. The summed E-state index contributed by atoms with van der Waals surface area (Å²) in [5.41, 5.74) is 8.64. The number of allylic oxidation sites excluding steroid dienone is 4. The first-order valence-electron chi connectivity index (χ1n) is 14.9. The summed E-state index contributed by atoms with van der Waals surface area (Å²) in [7, 11) is 0.